The van der Waals surface area contributed by atoms with E-state index < -0.39 is 17.7 Å². The van der Waals surface area contributed by atoms with Gasteiger partial charge in [0.05, 0.1) is 25.9 Å². The van der Waals surface area contributed by atoms with Crippen molar-refractivity contribution in [3.8, 4) is 11.5 Å². The van der Waals surface area contributed by atoms with E-state index in [1.807, 2.05) is 12.1 Å². The summed E-state index contributed by atoms with van der Waals surface area (Å²) in [6.07, 6.45) is 1.62. The molecule has 2 amide bonds. The minimum absolute atomic E-state index is 0.0469. The highest BCUT2D eigenvalue weighted by Gasteiger charge is 2.31. The number of hydrogen-bond acceptors (Lipinski definition) is 3. The van der Waals surface area contributed by atoms with Gasteiger partial charge in [0.25, 0.3) is 0 Å². The average Bonchev–Trinajstić information content (AvgIpc) is 3.13. The van der Waals surface area contributed by atoms with E-state index in [0.29, 0.717) is 18.0 Å². The summed E-state index contributed by atoms with van der Waals surface area (Å²) in [6, 6.07) is 8.00. The normalized spacial score (nSPS) is 16.5. The molecule has 1 N–H and O–H groups in total. The van der Waals surface area contributed by atoms with E-state index in [0.717, 1.165) is 30.5 Å². The van der Waals surface area contributed by atoms with Crippen LogP contribution >= 0.6 is 0 Å². The summed E-state index contributed by atoms with van der Waals surface area (Å²) < 4.78 is 37.4. The molecular weight excluding hydrogens is 342 g/mol. The van der Waals surface area contributed by atoms with Crippen LogP contribution in [-0.4, -0.2) is 31.7 Å². The molecule has 1 saturated heterocycles. The lowest BCUT2D eigenvalue weighted by atomic mass is 10.0. The Kier molecular flexibility index (Phi) is 5.25. The summed E-state index contributed by atoms with van der Waals surface area (Å²) in [6.45, 7) is 0.549. The zero-order valence-corrected chi connectivity index (χ0v) is 14.6. The number of hydrogen-bond donors (Lipinski definition) is 1. The molecule has 5 nitrogen and oxygen atoms in total. The van der Waals surface area contributed by atoms with Gasteiger partial charge in [0.1, 0.15) is 11.6 Å². The molecule has 1 unspecified atom stereocenters. The van der Waals surface area contributed by atoms with Gasteiger partial charge in [-0.3, -0.25) is 0 Å². The van der Waals surface area contributed by atoms with Crippen molar-refractivity contribution in [1.29, 1.82) is 0 Å². The van der Waals surface area contributed by atoms with Crippen molar-refractivity contribution in [2.45, 2.75) is 18.9 Å². The fourth-order valence-electron chi connectivity index (χ4n) is 3.19. The molecule has 0 radical (unpaired) electrons. The monoisotopic (exact) mass is 362 g/mol. The number of halogens is 2. The maximum absolute atomic E-state index is 13.8. The second-order valence-corrected chi connectivity index (χ2v) is 6.02. The Hall–Kier alpha value is -2.83. The van der Waals surface area contributed by atoms with Gasteiger partial charge in [-0.1, -0.05) is 6.07 Å². The molecule has 0 saturated carbocycles. The van der Waals surface area contributed by atoms with Gasteiger partial charge in [-0.15, -0.1) is 0 Å². The Morgan fingerprint density at radius 1 is 1.12 bits per heavy atom. The maximum atomic E-state index is 13.8. The number of likely N-dealkylation sites (tertiary alicyclic amines) is 1. The number of benzene rings is 2. The number of methoxy groups -OCH3 is 2. The summed E-state index contributed by atoms with van der Waals surface area (Å²) in [5, 5.41) is 2.52. The number of nitrogens with one attached hydrogen (secondary N) is 1. The van der Waals surface area contributed by atoms with Crippen molar-refractivity contribution in [3.05, 3.63) is 53.6 Å². The van der Waals surface area contributed by atoms with Crippen LogP contribution in [-0.2, 0) is 0 Å². The highest BCUT2D eigenvalue weighted by molar-refractivity contribution is 5.90. The van der Waals surface area contributed by atoms with Crippen LogP contribution in [0, 0.1) is 11.6 Å². The summed E-state index contributed by atoms with van der Waals surface area (Å²) in [7, 11) is 3.11. The number of rotatable bonds is 4. The first-order chi connectivity index (χ1) is 12.5. The number of amides is 2. The van der Waals surface area contributed by atoms with Crippen molar-refractivity contribution in [3.63, 3.8) is 0 Å². The predicted molar refractivity (Wildman–Crippen MR) is 93.6 cm³/mol. The Bertz CT molecular complexity index is 813. The van der Waals surface area contributed by atoms with Gasteiger partial charge in [-0.2, -0.15) is 0 Å². The highest BCUT2D eigenvalue weighted by atomic mass is 19.1. The van der Waals surface area contributed by atoms with Crippen LogP contribution in [0.25, 0.3) is 0 Å². The molecule has 138 valence electrons. The SMILES string of the molecule is COc1ccc(C2CCCN2C(=O)Nc2ccc(F)cc2F)cc1OC. The zero-order valence-electron chi connectivity index (χ0n) is 14.6. The number of nitrogens with zero attached hydrogens (tertiary/aromatic N) is 1. The molecule has 0 bridgehead atoms. The zero-order chi connectivity index (χ0) is 18.7. The van der Waals surface area contributed by atoms with Gasteiger partial charge in [-0.05, 0) is 42.7 Å². The fraction of sp³-hybridized carbons (Fsp3) is 0.316. The maximum Gasteiger partial charge on any atom is 0.322 e. The Labute approximate surface area is 150 Å². The van der Waals surface area contributed by atoms with Crippen LogP contribution in [0.15, 0.2) is 36.4 Å². The van der Waals surface area contributed by atoms with Gasteiger partial charge in [0, 0.05) is 12.6 Å². The molecule has 0 spiro atoms. The molecule has 1 aliphatic heterocycles. The third kappa shape index (κ3) is 3.56. The van der Waals surface area contributed by atoms with E-state index in [9.17, 15) is 13.6 Å². The molecule has 1 aliphatic rings. The molecule has 1 fully saturated rings. The van der Waals surface area contributed by atoms with Crippen LogP contribution in [0.1, 0.15) is 24.4 Å². The van der Waals surface area contributed by atoms with Gasteiger partial charge >= 0.3 is 6.03 Å². The van der Waals surface area contributed by atoms with Gasteiger partial charge in [0.15, 0.2) is 11.5 Å². The molecule has 7 heteroatoms. The Balaban J connectivity index is 1.80. The third-order valence-electron chi connectivity index (χ3n) is 4.48. The lowest BCUT2D eigenvalue weighted by molar-refractivity contribution is 0.207. The van der Waals surface area contributed by atoms with E-state index in [1.165, 1.54) is 6.07 Å². The third-order valence-corrected chi connectivity index (χ3v) is 4.48. The smallest absolute Gasteiger partial charge is 0.322 e. The average molecular weight is 362 g/mol. The van der Waals surface area contributed by atoms with Crippen molar-refractivity contribution in [2.24, 2.45) is 0 Å². The minimum atomic E-state index is -0.805. The number of anilines is 1. The molecule has 26 heavy (non-hydrogen) atoms. The molecule has 1 atom stereocenters. The second-order valence-electron chi connectivity index (χ2n) is 6.02. The van der Waals surface area contributed by atoms with Crippen molar-refractivity contribution in [2.75, 3.05) is 26.1 Å². The first kappa shape index (κ1) is 18.0. The topological polar surface area (TPSA) is 50.8 Å². The molecule has 3 rings (SSSR count). The molecular formula is C19H20F2N2O3. The quantitative estimate of drug-likeness (QED) is 0.880. The van der Waals surface area contributed by atoms with E-state index in [2.05, 4.69) is 5.32 Å². The number of urea groups is 1. The van der Waals surface area contributed by atoms with Gasteiger partial charge < -0.3 is 19.7 Å². The van der Waals surface area contributed by atoms with E-state index in [4.69, 9.17) is 9.47 Å². The lowest BCUT2D eigenvalue weighted by Crippen LogP contribution is -2.34. The van der Waals surface area contributed by atoms with Crippen LogP contribution in [0.5, 0.6) is 11.5 Å². The second kappa shape index (κ2) is 7.59. The van der Waals surface area contributed by atoms with Crippen molar-refractivity contribution >= 4 is 11.7 Å². The number of ether oxygens (including phenoxy) is 2. The molecule has 0 aliphatic carbocycles. The largest absolute Gasteiger partial charge is 0.493 e. The Morgan fingerprint density at radius 3 is 2.58 bits per heavy atom. The van der Waals surface area contributed by atoms with Gasteiger partial charge in [0.2, 0.25) is 0 Å². The Morgan fingerprint density at radius 2 is 1.88 bits per heavy atom. The van der Waals surface area contributed by atoms with E-state index in [-0.39, 0.29) is 11.7 Å². The van der Waals surface area contributed by atoms with Crippen LogP contribution in [0.3, 0.4) is 0 Å². The van der Waals surface area contributed by atoms with Crippen molar-refractivity contribution in [1.82, 2.24) is 4.90 Å². The van der Waals surface area contributed by atoms with Crippen LogP contribution in [0.2, 0.25) is 0 Å². The standard InChI is InChI=1S/C19H20F2N2O3/c1-25-17-8-5-12(10-18(17)26-2)16-4-3-9-23(16)19(24)22-15-7-6-13(20)11-14(15)21/h5-8,10-11,16H,3-4,9H2,1-2H3,(H,22,24). The first-order valence-corrected chi connectivity index (χ1v) is 8.28. The number of carbonyl (C=O) groups excluding carboxylic acids is 1. The molecule has 0 aromatic heterocycles. The lowest BCUT2D eigenvalue weighted by Gasteiger charge is -2.26. The van der Waals surface area contributed by atoms with Crippen LogP contribution < -0.4 is 14.8 Å². The molecule has 2 aromatic rings. The molecule has 2 aromatic carbocycles. The minimum Gasteiger partial charge on any atom is -0.493 e. The van der Waals surface area contributed by atoms with E-state index >= 15 is 0 Å². The van der Waals surface area contributed by atoms with Gasteiger partial charge in [-0.25, -0.2) is 13.6 Å². The fourth-order valence-corrected chi connectivity index (χ4v) is 3.19. The van der Waals surface area contributed by atoms with Crippen LogP contribution in [0.4, 0.5) is 19.3 Å². The first-order valence-electron chi connectivity index (χ1n) is 8.28. The summed E-state index contributed by atoms with van der Waals surface area (Å²) >= 11 is 0. The summed E-state index contributed by atoms with van der Waals surface area (Å²) in [5.74, 6) is -0.300. The number of carbonyl (C=O) groups is 1. The summed E-state index contributed by atoms with van der Waals surface area (Å²) in [4.78, 5) is 14.3. The van der Waals surface area contributed by atoms with E-state index in [1.54, 1.807) is 25.2 Å². The van der Waals surface area contributed by atoms with Crippen molar-refractivity contribution < 1.29 is 23.0 Å². The predicted octanol–water partition coefficient (Wildman–Crippen LogP) is 4.35. The summed E-state index contributed by atoms with van der Waals surface area (Å²) in [5.41, 5.74) is 0.865. The highest BCUT2D eigenvalue weighted by Crippen LogP contribution is 2.37. The molecule has 1 heterocycles.